The lowest BCUT2D eigenvalue weighted by atomic mass is 9.81. The number of sulfone groups is 1. The van der Waals surface area contributed by atoms with Crippen LogP contribution >= 0.6 is 0 Å². The van der Waals surface area contributed by atoms with Crippen molar-refractivity contribution < 1.29 is 18.3 Å². The molecule has 2 aliphatic heterocycles. The van der Waals surface area contributed by atoms with Crippen molar-refractivity contribution in [1.29, 1.82) is 0 Å². The van der Waals surface area contributed by atoms with Crippen LogP contribution in [0.3, 0.4) is 0 Å². The third kappa shape index (κ3) is 2.80. The van der Waals surface area contributed by atoms with E-state index >= 15 is 0 Å². The molecule has 6 heteroatoms. The van der Waals surface area contributed by atoms with E-state index in [-0.39, 0.29) is 17.4 Å². The largest absolute Gasteiger partial charge is 0.480 e. The van der Waals surface area contributed by atoms with Crippen LogP contribution in [0.15, 0.2) is 0 Å². The summed E-state index contributed by atoms with van der Waals surface area (Å²) in [5, 5.41) is 12.5. The summed E-state index contributed by atoms with van der Waals surface area (Å²) in [6.07, 6.45) is 3.57. The molecule has 0 spiro atoms. The highest BCUT2D eigenvalue weighted by molar-refractivity contribution is 7.91. The molecule has 17 heavy (non-hydrogen) atoms. The normalized spacial score (nSPS) is 36.8. The Balaban J connectivity index is 2.06. The zero-order valence-corrected chi connectivity index (χ0v) is 10.6. The summed E-state index contributed by atoms with van der Waals surface area (Å²) in [5.74, 6) is -0.458. The van der Waals surface area contributed by atoms with Gasteiger partial charge in [0, 0.05) is 0 Å². The first-order valence-electron chi connectivity index (χ1n) is 6.12. The fourth-order valence-electron chi connectivity index (χ4n) is 2.94. The maximum atomic E-state index is 11.4. The number of carboxylic acid groups (broad SMARTS) is 1. The van der Waals surface area contributed by atoms with Crippen LogP contribution in [0.1, 0.15) is 32.1 Å². The van der Waals surface area contributed by atoms with Gasteiger partial charge in [-0.2, -0.15) is 0 Å². The highest BCUT2D eigenvalue weighted by atomic mass is 32.2. The molecule has 2 rings (SSSR count). The minimum Gasteiger partial charge on any atom is -0.480 e. The van der Waals surface area contributed by atoms with E-state index in [1.807, 2.05) is 0 Å². The molecule has 0 saturated carbocycles. The molecule has 0 aromatic heterocycles. The van der Waals surface area contributed by atoms with E-state index in [1.54, 1.807) is 0 Å². The van der Waals surface area contributed by atoms with Crippen LogP contribution in [-0.4, -0.2) is 43.1 Å². The molecule has 0 amide bonds. The number of aliphatic carboxylic acids is 1. The van der Waals surface area contributed by atoms with E-state index in [1.165, 1.54) is 0 Å². The summed E-state index contributed by atoms with van der Waals surface area (Å²) < 4.78 is 22.8. The molecule has 2 atom stereocenters. The van der Waals surface area contributed by atoms with Gasteiger partial charge in [-0.25, -0.2) is 8.42 Å². The van der Waals surface area contributed by atoms with E-state index < -0.39 is 21.3 Å². The second kappa shape index (κ2) is 4.57. The molecule has 0 aliphatic carbocycles. The molecule has 0 bridgehead atoms. The molecule has 2 heterocycles. The van der Waals surface area contributed by atoms with Crippen molar-refractivity contribution in [2.75, 3.05) is 18.1 Å². The summed E-state index contributed by atoms with van der Waals surface area (Å²) >= 11 is 0. The minimum atomic E-state index is -2.92. The van der Waals surface area contributed by atoms with Crippen LogP contribution in [-0.2, 0) is 14.6 Å². The highest BCUT2D eigenvalue weighted by Crippen LogP contribution is 2.32. The summed E-state index contributed by atoms with van der Waals surface area (Å²) in [5.41, 5.74) is -0.886. The van der Waals surface area contributed by atoms with Crippen LogP contribution < -0.4 is 5.32 Å². The first-order valence-corrected chi connectivity index (χ1v) is 7.95. The molecule has 98 valence electrons. The summed E-state index contributed by atoms with van der Waals surface area (Å²) in [7, 11) is -2.92. The van der Waals surface area contributed by atoms with Crippen molar-refractivity contribution in [3.63, 3.8) is 0 Å². The van der Waals surface area contributed by atoms with E-state index in [4.69, 9.17) is 0 Å². The number of nitrogens with one attached hydrogen (secondary N) is 1. The van der Waals surface area contributed by atoms with Crippen LogP contribution in [0, 0.1) is 5.92 Å². The van der Waals surface area contributed by atoms with E-state index in [0.29, 0.717) is 25.8 Å². The Hall–Kier alpha value is -0.620. The summed E-state index contributed by atoms with van der Waals surface area (Å²) in [6.45, 7) is 0.714. The highest BCUT2D eigenvalue weighted by Gasteiger charge is 2.43. The Bertz CT molecular complexity index is 398. The number of hydrogen-bond acceptors (Lipinski definition) is 4. The molecule has 5 nitrogen and oxygen atoms in total. The average molecular weight is 261 g/mol. The fourth-order valence-corrected chi connectivity index (χ4v) is 4.80. The van der Waals surface area contributed by atoms with Gasteiger partial charge >= 0.3 is 5.97 Å². The van der Waals surface area contributed by atoms with Gasteiger partial charge in [0.2, 0.25) is 0 Å². The second-order valence-corrected chi connectivity index (χ2v) is 7.47. The smallest absolute Gasteiger partial charge is 0.323 e. The van der Waals surface area contributed by atoms with Crippen LogP contribution in [0.25, 0.3) is 0 Å². The lowest BCUT2D eigenvalue weighted by Crippen LogP contribution is -2.55. The number of piperidine rings is 1. The standard InChI is InChI=1S/C11H19NO4S/c13-10(14)11(4-1-2-5-12-11)7-9-3-6-17(15,16)8-9/h9,12H,1-8H2,(H,13,14). The van der Waals surface area contributed by atoms with E-state index in [2.05, 4.69) is 5.32 Å². The molecule has 2 saturated heterocycles. The van der Waals surface area contributed by atoms with Gasteiger partial charge in [0.05, 0.1) is 11.5 Å². The zero-order chi connectivity index (χ0) is 12.5. The Morgan fingerprint density at radius 1 is 1.41 bits per heavy atom. The Morgan fingerprint density at radius 3 is 2.65 bits per heavy atom. The maximum absolute atomic E-state index is 11.4. The molecule has 2 fully saturated rings. The van der Waals surface area contributed by atoms with Crippen LogP contribution in [0.5, 0.6) is 0 Å². The summed E-state index contributed by atoms with van der Waals surface area (Å²) in [6, 6.07) is 0. The second-order valence-electron chi connectivity index (χ2n) is 5.24. The van der Waals surface area contributed by atoms with Crippen molar-refractivity contribution in [2.45, 2.75) is 37.6 Å². The Morgan fingerprint density at radius 2 is 2.18 bits per heavy atom. The molecule has 2 aliphatic rings. The van der Waals surface area contributed by atoms with E-state index in [0.717, 1.165) is 12.8 Å². The van der Waals surface area contributed by atoms with Gasteiger partial charge in [0.15, 0.2) is 9.84 Å². The summed E-state index contributed by atoms with van der Waals surface area (Å²) in [4.78, 5) is 11.4. The quantitative estimate of drug-likeness (QED) is 0.768. The Kier molecular flexibility index (Phi) is 3.45. The first-order chi connectivity index (χ1) is 7.94. The third-order valence-electron chi connectivity index (χ3n) is 3.87. The SMILES string of the molecule is O=C(O)C1(CC2CCS(=O)(=O)C2)CCCCN1. The number of carboxylic acids is 1. The topological polar surface area (TPSA) is 83.5 Å². The van der Waals surface area contributed by atoms with Gasteiger partial charge in [0.1, 0.15) is 5.54 Å². The van der Waals surface area contributed by atoms with Crippen molar-refractivity contribution in [3.8, 4) is 0 Å². The van der Waals surface area contributed by atoms with Gasteiger partial charge in [-0.05, 0) is 44.6 Å². The van der Waals surface area contributed by atoms with E-state index in [9.17, 15) is 18.3 Å². The number of carbonyl (C=O) groups is 1. The number of rotatable bonds is 3. The molecule has 2 N–H and O–H groups in total. The molecule has 0 aromatic carbocycles. The average Bonchev–Trinajstić information content (AvgIpc) is 2.59. The van der Waals surface area contributed by atoms with Crippen molar-refractivity contribution in [2.24, 2.45) is 5.92 Å². The Labute approximate surface area is 102 Å². The lowest BCUT2D eigenvalue weighted by Gasteiger charge is -2.36. The van der Waals surface area contributed by atoms with Gasteiger partial charge in [0.25, 0.3) is 0 Å². The molecular weight excluding hydrogens is 242 g/mol. The predicted molar refractivity (Wildman–Crippen MR) is 63.6 cm³/mol. The zero-order valence-electron chi connectivity index (χ0n) is 9.81. The monoisotopic (exact) mass is 261 g/mol. The lowest BCUT2D eigenvalue weighted by molar-refractivity contribution is -0.146. The van der Waals surface area contributed by atoms with Gasteiger partial charge in [-0.15, -0.1) is 0 Å². The maximum Gasteiger partial charge on any atom is 0.323 e. The molecule has 0 aromatic rings. The van der Waals surface area contributed by atoms with Gasteiger partial charge in [-0.3, -0.25) is 4.79 Å². The predicted octanol–water partition coefficient (Wildman–Crippen LogP) is 0.408. The van der Waals surface area contributed by atoms with Crippen LogP contribution in [0.4, 0.5) is 0 Å². The molecule has 2 unspecified atom stereocenters. The minimum absolute atomic E-state index is 0.00157. The van der Waals surface area contributed by atoms with Crippen molar-refractivity contribution >= 4 is 15.8 Å². The van der Waals surface area contributed by atoms with Crippen molar-refractivity contribution in [1.82, 2.24) is 5.32 Å². The first kappa shape index (κ1) is 12.8. The molecular formula is C11H19NO4S. The van der Waals surface area contributed by atoms with Crippen LogP contribution in [0.2, 0.25) is 0 Å². The third-order valence-corrected chi connectivity index (χ3v) is 5.70. The number of hydrogen-bond donors (Lipinski definition) is 2. The van der Waals surface area contributed by atoms with Gasteiger partial charge in [-0.1, -0.05) is 0 Å². The fraction of sp³-hybridized carbons (Fsp3) is 0.909. The van der Waals surface area contributed by atoms with Gasteiger partial charge < -0.3 is 10.4 Å². The van der Waals surface area contributed by atoms with Crippen molar-refractivity contribution in [3.05, 3.63) is 0 Å². The molecule has 0 radical (unpaired) electrons.